The van der Waals surface area contributed by atoms with Crippen LogP contribution >= 0.6 is 15.9 Å². The van der Waals surface area contributed by atoms with Gasteiger partial charge in [-0.3, -0.25) is 0 Å². The molecule has 1 aliphatic carbocycles. The van der Waals surface area contributed by atoms with E-state index in [0.29, 0.717) is 11.3 Å². The van der Waals surface area contributed by atoms with Crippen LogP contribution in [0.2, 0.25) is 0 Å². The van der Waals surface area contributed by atoms with Crippen molar-refractivity contribution < 1.29 is 0 Å². The molecule has 1 rings (SSSR count). The van der Waals surface area contributed by atoms with Crippen LogP contribution in [0.5, 0.6) is 0 Å². The first-order valence-electron chi connectivity index (χ1n) is 8.15. The van der Waals surface area contributed by atoms with Crippen molar-refractivity contribution in [3.8, 4) is 0 Å². The summed E-state index contributed by atoms with van der Waals surface area (Å²) in [6, 6.07) is 0. The van der Waals surface area contributed by atoms with Crippen LogP contribution in [0.25, 0.3) is 0 Å². The van der Waals surface area contributed by atoms with Crippen molar-refractivity contribution in [1.82, 2.24) is 0 Å². The summed E-state index contributed by atoms with van der Waals surface area (Å²) in [5.41, 5.74) is 3.84. The fourth-order valence-electron chi connectivity index (χ4n) is 2.85. The number of hydrogen-bond donors (Lipinski definition) is 0. The van der Waals surface area contributed by atoms with Gasteiger partial charge in [0.25, 0.3) is 0 Å². The Morgan fingerprint density at radius 3 is 2.00 bits per heavy atom. The Kier molecular flexibility index (Phi) is 6.57. The second-order valence-electron chi connectivity index (χ2n) is 8.27. The average molecular weight is 341 g/mol. The van der Waals surface area contributed by atoms with Crippen LogP contribution in [0.4, 0.5) is 0 Å². The highest BCUT2D eigenvalue weighted by Crippen LogP contribution is 2.44. The fourth-order valence-corrected chi connectivity index (χ4v) is 3.25. The molecule has 0 aromatic carbocycles. The summed E-state index contributed by atoms with van der Waals surface area (Å²) in [6.45, 7) is 14.1. The molecule has 0 heterocycles. The van der Waals surface area contributed by atoms with E-state index in [0.717, 1.165) is 5.33 Å². The van der Waals surface area contributed by atoms with Crippen LogP contribution in [0.1, 0.15) is 73.6 Å². The third-order valence-corrected chi connectivity index (χ3v) is 4.77. The quantitative estimate of drug-likeness (QED) is 0.364. The van der Waals surface area contributed by atoms with E-state index in [1.807, 2.05) is 0 Å². The molecule has 0 bridgehead atoms. The summed E-state index contributed by atoms with van der Waals surface area (Å²) in [5, 5.41) is 1.15. The number of rotatable bonds is 6. The number of allylic oxidation sites excluding steroid dienone is 4. The van der Waals surface area contributed by atoms with Crippen molar-refractivity contribution in [1.29, 1.82) is 0 Å². The molecule has 0 aromatic rings. The standard InChI is InChI=1S/C19H33Br/c1-18(2,3)16-13-15(11-9-7-8-10-12-20)17(14-16)19(4,5)6/h13-14,16H,7-12H2,1-6H3. The molecular formula is C19H33Br. The first kappa shape index (κ1) is 18.0. The normalized spacial score (nSPS) is 20.1. The van der Waals surface area contributed by atoms with Gasteiger partial charge in [-0.15, -0.1) is 0 Å². The van der Waals surface area contributed by atoms with E-state index < -0.39 is 0 Å². The van der Waals surface area contributed by atoms with Gasteiger partial charge in [0, 0.05) is 11.2 Å². The molecule has 116 valence electrons. The minimum Gasteiger partial charge on any atom is -0.0928 e. The highest BCUT2D eigenvalue weighted by molar-refractivity contribution is 9.09. The average Bonchev–Trinajstić information content (AvgIpc) is 2.72. The van der Waals surface area contributed by atoms with Crippen molar-refractivity contribution in [3.63, 3.8) is 0 Å². The predicted molar refractivity (Wildman–Crippen MR) is 95.4 cm³/mol. The first-order chi connectivity index (χ1) is 9.16. The van der Waals surface area contributed by atoms with E-state index in [9.17, 15) is 0 Å². The number of alkyl halides is 1. The van der Waals surface area contributed by atoms with Gasteiger partial charge in [-0.1, -0.05) is 82.5 Å². The van der Waals surface area contributed by atoms with Crippen LogP contribution in [-0.4, -0.2) is 5.33 Å². The Bertz CT molecular complexity index is 360. The second-order valence-corrected chi connectivity index (χ2v) is 9.06. The molecule has 0 amide bonds. The lowest BCUT2D eigenvalue weighted by atomic mass is 9.80. The van der Waals surface area contributed by atoms with Gasteiger partial charge >= 0.3 is 0 Å². The Morgan fingerprint density at radius 2 is 1.50 bits per heavy atom. The third-order valence-electron chi connectivity index (χ3n) is 4.21. The van der Waals surface area contributed by atoms with E-state index in [1.54, 1.807) is 11.1 Å². The van der Waals surface area contributed by atoms with Gasteiger partial charge in [0.1, 0.15) is 0 Å². The van der Waals surface area contributed by atoms with Crippen molar-refractivity contribution in [2.75, 3.05) is 5.33 Å². The molecule has 1 atom stereocenters. The van der Waals surface area contributed by atoms with Gasteiger partial charge in [0.2, 0.25) is 0 Å². The van der Waals surface area contributed by atoms with Crippen LogP contribution < -0.4 is 0 Å². The minimum atomic E-state index is 0.279. The van der Waals surface area contributed by atoms with Crippen molar-refractivity contribution in [3.05, 3.63) is 23.3 Å². The van der Waals surface area contributed by atoms with Crippen LogP contribution in [0.3, 0.4) is 0 Å². The van der Waals surface area contributed by atoms with E-state index in [-0.39, 0.29) is 5.41 Å². The van der Waals surface area contributed by atoms with Gasteiger partial charge in [-0.2, -0.15) is 0 Å². The highest BCUT2D eigenvalue weighted by atomic mass is 79.9. The number of unbranched alkanes of at least 4 members (excludes halogenated alkanes) is 3. The Morgan fingerprint density at radius 1 is 0.900 bits per heavy atom. The molecule has 0 nitrogen and oxygen atoms in total. The molecule has 1 unspecified atom stereocenters. The van der Waals surface area contributed by atoms with Gasteiger partial charge in [-0.05, 0) is 41.2 Å². The van der Waals surface area contributed by atoms with Crippen LogP contribution in [-0.2, 0) is 0 Å². The molecule has 0 saturated heterocycles. The lowest BCUT2D eigenvalue weighted by Gasteiger charge is -2.25. The number of hydrogen-bond acceptors (Lipinski definition) is 0. The van der Waals surface area contributed by atoms with E-state index in [2.05, 4.69) is 69.6 Å². The third kappa shape index (κ3) is 5.39. The monoisotopic (exact) mass is 340 g/mol. The van der Waals surface area contributed by atoms with Crippen LogP contribution in [0.15, 0.2) is 23.3 Å². The molecule has 0 saturated carbocycles. The summed E-state index contributed by atoms with van der Waals surface area (Å²) in [4.78, 5) is 0. The van der Waals surface area contributed by atoms with Crippen LogP contribution in [0, 0.1) is 16.7 Å². The second kappa shape index (κ2) is 7.29. The minimum absolute atomic E-state index is 0.279. The maximum Gasteiger partial charge on any atom is 0.00313 e. The fraction of sp³-hybridized carbons (Fsp3) is 0.789. The molecule has 0 spiro atoms. The Hall–Kier alpha value is -0.0400. The molecule has 0 aromatic heterocycles. The van der Waals surface area contributed by atoms with E-state index in [1.165, 1.54) is 32.1 Å². The maximum atomic E-state index is 3.51. The molecule has 0 fully saturated rings. The molecule has 20 heavy (non-hydrogen) atoms. The highest BCUT2D eigenvalue weighted by Gasteiger charge is 2.31. The zero-order valence-corrected chi connectivity index (χ0v) is 15.9. The van der Waals surface area contributed by atoms with Crippen molar-refractivity contribution in [2.24, 2.45) is 16.7 Å². The zero-order chi connectivity index (χ0) is 15.4. The summed E-state index contributed by atoms with van der Waals surface area (Å²) in [5.74, 6) is 0.606. The van der Waals surface area contributed by atoms with Gasteiger partial charge in [-0.25, -0.2) is 0 Å². The molecule has 1 aliphatic rings. The molecule has 0 aliphatic heterocycles. The molecule has 1 heteroatoms. The zero-order valence-electron chi connectivity index (χ0n) is 14.4. The lowest BCUT2D eigenvalue weighted by Crippen LogP contribution is -2.15. The Balaban J connectivity index is 2.69. The van der Waals surface area contributed by atoms with E-state index in [4.69, 9.17) is 0 Å². The summed E-state index contributed by atoms with van der Waals surface area (Å²) in [6.07, 6.45) is 11.7. The molecule has 0 radical (unpaired) electrons. The first-order valence-corrected chi connectivity index (χ1v) is 9.27. The van der Waals surface area contributed by atoms with Gasteiger partial charge in [0.05, 0.1) is 0 Å². The van der Waals surface area contributed by atoms with Crippen molar-refractivity contribution >= 4 is 15.9 Å². The van der Waals surface area contributed by atoms with Gasteiger partial charge < -0.3 is 0 Å². The predicted octanol–water partition coefficient (Wildman–Crippen LogP) is 6.91. The summed E-state index contributed by atoms with van der Waals surface area (Å²) < 4.78 is 0. The summed E-state index contributed by atoms with van der Waals surface area (Å²) in [7, 11) is 0. The Labute approximate surface area is 135 Å². The van der Waals surface area contributed by atoms with Crippen molar-refractivity contribution in [2.45, 2.75) is 73.6 Å². The van der Waals surface area contributed by atoms with E-state index >= 15 is 0 Å². The maximum absolute atomic E-state index is 3.51. The smallest absolute Gasteiger partial charge is 0.00313 e. The largest absolute Gasteiger partial charge is 0.0928 e. The lowest BCUT2D eigenvalue weighted by molar-refractivity contribution is 0.344. The topological polar surface area (TPSA) is 0 Å². The number of halogens is 1. The SMILES string of the molecule is CC(C)(C)C1=CC(C(C)(C)C)C=C1CCCCCCBr. The van der Waals surface area contributed by atoms with Gasteiger partial charge in [0.15, 0.2) is 0 Å². The molecule has 0 N–H and O–H groups in total. The summed E-state index contributed by atoms with van der Waals surface area (Å²) >= 11 is 3.51. The molecular weight excluding hydrogens is 308 g/mol.